The van der Waals surface area contributed by atoms with Gasteiger partial charge in [-0.1, -0.05) is 84.1 Å². The highest BCUT2D eigenvalue weighted by Crippen LogP contribution is 2.36. The summed E-state index contributed by atoms with van der Waals surface area (Å²) in [4.78, 5) is 25.8. The van der Waals surface area contributed by atoms with Gasteiger partial charge < -0.3 is 4.74 Å². The zero-order valence-corrected chi connectivity index (χ0v) is 19.5. The van der Waals surface area contributed by atoms with Crippen LogP contribution in [0.2, 0.25) is 5.02 Å². The topological polar surface area (TPSA) is 72.7 Å². The number of nitro benzene ring substituents is 1. The average molecular weight is 497 g/mol. The van der Waals surface area contributed by atoms with E-state index >= 15 is 0 Å². The van der Waals surface area contributed by atoms with Crippen LogP contribution in [-0.2, 0) is 17.9 Å². The van der Waals surface area contributed by atoms with Crippen molar-refractivity contribution in [1.29, 1.82) is 0 Å². The number of amides is 1. The van der Waals surface area contributed by atoms with Crippen molar-refractivity contribution in [3.63, 3.8) is 0 Å². The Morgan fingerprint density at radius 1 is 1.09 bits per heavy atom. The van der Waals surface area contributed by atoms with Crippen LogP contribution in [0.4, 0.5) is 5.69 Å². The normalized spacial score (nSPS) is 14.7. The molecule has 0 atom stereocenters. The van der Waals surface area contributed by atoms with Crippen LogP contribution in [0.1, 0.15) is 16.7 Å². The van der Waals surface area contributed by atoms with E-state index in [-0.39, 0.29) is 18.2 Å². The van der Waals surface area contributed by atoms with Crippen LogP contribution in [0.5, 0.6) is 5.75 Å². The molecule has 3 aromatic carbocycles. The van der Waals surface area contributed by atoms with Gasteiger partial charge in [-0.25, -0.2) is 0 Å². The summed E-state index contributed by atoms with van der Waals surface area (Å²) in [6.45, 7) is 0.529. The highest BCUT2D eigenvalue weighted by molar-refractivity contribution is 8.26. The largest absolute Gasteiger partial charge is 0.488 e. The predicted molar refractivity (Wildman–Crippen MR) is 134 cm³/mol. The van der Waals surface area contributed by atoms with Crippen LogP contribution < -0.4 is 4.74 Å². The molecule has 0 aromatic heterocycles. The molecule has 0 N–H and O–H groups in total. The van der Waals surface area contributed by atoms with E-state index in [1.165, 1.54) is 23.1 Å². The lowest BCUT2D eigenvalue weighted by Gasteiger charge is -2.14. The summed E-state index contributed by atoms with van der Waals surface area (Å²) in [6.07, 6.45) is 1.58. The lowest BCUT2D eigenvalue weighted by molar-refractivity contribution is -0.384. The molecule has 6 nitrogen and oxygen atoms in total. The minimum absolute atomic E-state index is 0.105. The maximum Gasteiger partial charge on any atom is 0.270 e. The zero-order chi connectivity index (χ0) is 23.4. The molecule has 0 aliphatic carbocycles. The fourth-order valence-corrected chi connectivity index (χ4v) is 4.64. The van der Waals surface area contributed by atoms with E-state index < -0.39 is 4.92 Å². The van der Waals surface area contributed by atoms with Gasteiger partial charge >= 0.3 is 0 Å². The van der Waals surface area contributed by atoms with Gasteiger partial charge in [0.2, 0.25) is 0 Å². The van der Waals surface area contributed by atoms with Gasteiger partial charge in [0.05, 0.1) is 16.4 Å². The van der Waals surface area contributed by atoms with Crippen LogP contribution in [0.25, 0.3) is 6.08 Å². The number of ether oxygens (including phenoxy) is 1. The minimum Gasteiger partial charge on any atom is -0.488 e. The minimum atomic E-state index is -0.490. The molecule has 1 heterocycles. The first-order valence-electron chi connectivity index (χ1n) is 9.86. The van der Waals surface area contributed by atoms with Gasteiger partial charge in [0.25, 0.3) is 11.6 Å². The number of thioether (sulfide) groups is 1. The zero-order valence-electron chi connectivity index (χ0n) is 17.1. The monoisotopic (exact) mass is 496 g/mol. The number of nitro groups is 1. The van der Waals surface area contributed by atoms with Gasteiger partial charge in [0.1, 0.15) is 16.7 Å². The van der Waals surface area contributed by atoms with E-state index in [2.05, 4.69) is 0 Å². The van der Waals surface area contributed by atoms with Crippen LogP contribution in [0.3, 0.4) is 0 Å². The van der Waals surface area contributed by atoms with E-state index in [9.17, 15) is 14.9 Å². The number of rotatable bonds is 7. The molecule has 1 amide bonds. The maximum atomic E-state index is 13.0. The van der Waals surface area contributed by atoms with E-state index in [4.69, 9.17) is 28.6 Å². The summed E-state index contributed by atoms with van der Waals surface area (Å²) in [7, 11) is 0. The number of nitrogens with zero attached hydrogens (tertiary/aromatic N) is 2. The number of hydrogen-bond donors (Lipinski definition) is 0. The fourth-order valence-electron chi connectivity index (χ4n) is 3.21. The second-order valence-corrected chi connectivity index (χ2v) is 9.20. The Hall–Kier alpha value is -3.20. The Labute approximate surface area is 205 Å². The van der Waals surface area contributed by atoms with Crippen LogP contribution >= 0.6 is 35.6 Å². The molecule has 0 spiro atoms. The Kier molecular flexibility index (Phi) is 7.08. The molecule has 1 fully saturated rings. The third-order valence-corrected chi connectivity index (χ3v) is 6.64. The van der Waals surface area contributed by atoms with Crippen molar-refractivity contribution in [2.75, 3.05) is 0 Å². The molecular weight excluding hydrogens is 480 g/mol. The third-order valence-electron chi connectivity index (χ3n) is 4.89. The third kappa shape index (κ3) is 5.42. The number of halogens is 1. The van der Waals surface area contributed by atoms with E-state index in [0.29, 0.717) is 32.1 Å². The van der Waals surface area contributed by atoms with Crippen LogP contribution in [-0.4, -0.2) is 20.1 Å². The van der Waals surface area contributed by atoms with Crippen molar-refractivity contribution < 1.29 is 14.5 Å². The SMILES string of the molecule is O=C1C(=Cc2cc([N+](=O)[O-])ccc2OCc2ccccc2Cl)SC(=S)N1Cc1ccccc1. The van der Waals surface area contributed by atoms with Gasteiger partial charge in [-0.15, -0.1) is 0 Å². The summed E-state index contributed by atoms with van der Waals surface area (Å²) in [5.74, 6) is 0.145. The first-order chi connectivity index (χ1) is 15.9. The second-order valence-electron chi connectivity index (χ2n) is 7.11. The molecule has 1 aliphatic rings. The molecular formula is C24H17ClN2O4S2. The second kappa shape index (κ2) is 10.2. The highest BCUT2D eigenvalue weighted by atomic mass is 35.5. The lowest BCUT2D eigenvalue weighted by Crippen LogP contribution is -2.27. The number of non-ortho nitro benzene ring substituents is 1. The van der Waals surface area contributed by atoms with Crippen LogP contribution in [0, 0.1) is 10.1 Å². The summed E-state index contributed by atoms with van der Waals surface area (Å²) in [5, 5.41) is 11.9. The number of carbonyl (C=O) groups is 1. The van der Waals surface area contributed by atoms with Gasteiger partial charge in [0, 0.05) is 28.3 Å². The van der Waals surface area contributed by atoms with Crippen molar-refractivity contribution >= 4 is 57.6 Å². The molecule has 0 bridgehead atoms. The molecule has 4 rings (SSSR count). The van der Waals surface area contributed by atoms with Crippen LogP contribution in [0.15, 0.2) is 77.7 Å². The summed E-state index contributed by atoms with van der Waals surface area (Å²) in [6, 6.07) is 21.1. The molecule has 166 valence electrons. The maximum absolute atomic E-state index is 13.0. The Morgan fingerprint density at radius 3 is 2.55 bits per heavy atom. The number of carbonyl (C=O) groups excluding carboxylic acids is 1. The van der Waals surface area contributed by atoms with Crippen molar-refractivity contribution in [3.8, 4) is 5.75 Å². The van der Waals surface area contributed by atoms with E-state index in [1.807, 2.05) is 48.5 Å². The highest BCUT2D eigenvalue weighted by Gasteiger charge is 2.32. The van der Waals surface area contributed by atoms with Gasteiger partial charge in [-0.3, -0.25) is 19.8 Å². The Bertz CT molecular complexity index is 1260. The number of benzene rings is 3. The predicted octanol–water partition coefficient (Wildman–Crippen LogP) is 6.23. The van der Waals surface area contributed by atoms with Crippen molar-refractivity contribution in [1.82, 2.24) is 4.90 Å². The molecule has 1 saturated heterocycles. The van der Waals surface area contributed by atoms with Gasteiger partial charge in [-0.05, 0) is 23.8 Å². The number of thiocarbonyl (C=S) groups is 1. The lowest BCUT2D eigenvalue weighted by atomic mass is 10.1. The van der Waals surface area contributed by atoms with E-state index in [1.54, 1.807) is 12.1 Å². The summed E-state index contributed by atoms with van der Waals surface area (Å²) in [5.41, 5.74) is 2.04. The van der Waals surface area contributed by atoms with Crippen molar-refractivity contribution in [2.45, 2.75) is 13.2 Å². The molecule has 0 unspecified atom stereocenters. The summed E-state index contributed by atoms with van der Waals surface area (Å²) < 4.78 is 6.34. The first-order valence-corrected chi connectivity index (χ1v) is 11.5. The Balaban J connectivity index is 1.62. The quantitative estimate of drug-likeness (QED) is 0.167. The molecule has 3 aromatic rings. The van der Waals surface area contributed by atoms with Gasteiger partial charge in [0.15, 0.2) is 0 Å². The Morgan fingerprint density at radius 2 is 1.82 bits per heavy atom. The fraction of sp³-hybridized carbons (Fsp3) is 0.0833. The average Bonchev–Trinajstić information content (AvgIpc) is 3.07. The molecule has 0 radical (unpaired) electrons. The van der Waals surface area contributed by atoms with Crippen molar-refractivity contribution in [3.05, 3.63) is 110 Å². The van der Waals surface area contributed by atoms with Gasteiger partial charge in [-0.2, -0.15) is 0 Å². The summed E-state index contributed by atoms with van der Waals surface area (Å²) >= 11 is 12.8. The number of hydrogen-bond acceptors (Lipinski definition) is 6. The molecule has 9 heteroatoms. The van der Waals surface area contributed by atoms with Crippen molar-refractivity contribution in [2.24, 2.45) is 0 Å². The molecule has 1 aliphatic heterocycles. The standard InChI is InChI=1S/C24H17ClN2O4S2/c25-20-9-5-4-8-17(20)15-31-21-11-10-19(27(29)30)12-18(21)13-22-23(28)26(24(32)33-22)14-16-6-2-1-3-7-16/h1-13H,14-15H2. The smallest absolute Gasteiger partial charge is 0.270 e. The first kappa shape index (κ1) is 23.0. The van der Waals surface area contributed by atoms with E-state index in [0.717, 1.165) is 22.9 Å². The molecule has 33 heavy (non-hydrogen) atoms. The molecule has 0 saturated carbocycles.